The summed E-state index contributed by atoms with van der Waals surface area (Å²) in [5, 5.41) is 21.5. The molecule has 2 aliphatic heterocycles. The van der Waals surface area contributed by atoms with E-state index in [2.05, 4.69) is 0 Å². The third kappa shape index (κ3) is 9.36. The summed E-state index contributed by atoms with van der Waals surface area (Å²) in [6, 6.07) is 23.4. The molecule has 0 radical (unpaired) electrons. The van der Waals surface area contributed by atoms with Crippen LogP contribution in [0.1, 0.15) is 31.1 Å². The van der Waals surface area contributed by atoms with Gasteiger partial charge in [0.25, 0.3) is 0 Å². The standard InChI is InChI=1S/C37H42O14S/c1-43-29-26(50-37(32(45-3)31(29)44-2)52-24-16-9-6-10-17-24)20-48-34(41)23-15-11-14-22(18-23)33(40)47-19-25-27(38)28(39)30(36(46-4)49-25)51-35(42)21-12-7-5-8-13-21/h5-18,25-32,36-39H,19-20H2,1-4H3/t25-,26-,27-,28+,29+,30-,31+,32-,36+,37+/m1/s1. The van der Waals surface area contributed by atoms with Crippen LogP contribution in [0, 0.1) is 0 Å². The summed E-state index contributed by atoms with van der Waals surface area (Å²) in [5.41, 5.74) is -0.190. The molecule has 5 rings (SSSR count). The lowest BCUT2D eigenvalue weighted by Crippen LogP contribution is -2.60. The molecular formula is C37H42O14S. The van der Waals surface area contributed by atoms with Crippen LogP contribution >= 0.6 is 11.8 Å². The van der Waals surface area contributed by atoms with Crippen molar-refractivity contribution >= 4 is 29.7 Å². The monoisotopic (exact) mass is 742 g/mol. The first kappa shape index (κ1) is 39.3. The highest BCUT2D eigenvalue weighted by atomic mass is 32.2. The van der Waals surface area contributed by atoms with Crippen LogP contribution in [-0.2, 0) is 42.6 Å². The number of esters is 3. The number of aliphatic hydroxyl groups excluding tert-OH is 2. The van der Waals surface area contributed by atoms with E-state index >= 15 is 0 Å². The summed E-state index contributed by atoms with van der Waals surface area (Å²) < 4.78 is 50.9. The van der Waals surface area contributed by atoms with E-state index < -0.39 is 85.1 Å². The van der Waals surface area contributed by atoms with Crippen LogP contribution in [0.5, 0.6) is 0 Å². The fraction of sp³-hybridized carbons (Fsp3) is 0.432. The normalized spacial score (nSPS) is 28.8. The molecule has 280 valence electrons. The molecule has 3 aromatic rings. The van der Waals surface area contributed by atoms with Gasteiger partial charge in [-0.05, 0) is 42.5 Å². The second-order valence-corrected chi connectivity index (χ2v) is 13.0. The fourth-order valence-electron chi connectivity index (χ4n) is 5.92. The van der Waals surface area contributed by atoms with Crippen molar-refractivity contribution < 1.29 is 67.2 Å². The van der Waals surface area contributed by atoms with Gasteiger partial charge < -0.3 is 52.8 Å². The predicted octanol–water partition coefficient (Wildman–Crippen LogP) is 2.88. The van der Waals surface area contributed by atoms with Gasteiger partial charge in [0.1, 0.15) is 61.4 Å². The molecule has 0 saturated carbocycles. The Morgan fingerprint density at radius 1 is 0.596 bits per heavy atom. The molecule has 14 nitrogen and oxygen atoms in total. The van der Waals surface area contributed by atoms with Crippen LogP contribution in [-0.4, -0.2) is 130 Å². The maximum absolute atomic E-state index is 13.2. The average molecular weight is 743 g/mol. The van der Waals surface area contributed by atoms with Crippen molar-refractivity contribution in [2.45, 2.75) is 65.5 Å². The Labute approximate surface area is 305 Å². The van der Waals surface area contributed by atoms with E-state index in [1.54, 1.807) is 32.4 Å². The van der Waals surface area contributed by atoms with Crippen molar-refractivity contribution in [3.63, 3.8) is 0 Å². The Morgan fingerprint density at radius 3 is 1.73 bits per heavy atom. The third-order valence-corrected chi connectivity index (χ3v) is 9.78. The summed E-state index contributed by atoms with van der Waals surface area (Å²) in [5.74, 6) is -2.31. The molecule has 0 unspecified atom stereocenters. The van der Waals surface area contributed by atoms with Crippen LogP contribution in [0.2, 0.25) is 0 Å². The van der Waals surface area contributed by atoms with E-state index in [0.29, 0.717) is 0 Å². The molecule has 0 bridgehead atoms. The molecule has 2 heterocycles. The number of methoxy groups -OCH3 is 4. The van der Waals surface area contributed by atoms with Crippen molar-refractivity contribution in [2.75, 3.05) is 41.7 Å². The van der Waals surface area contributed by atoms with Gasteiger partial charge in [0.2, 0.25) is 0 Å². The highest BCUT2D eigenvalue weighted by molar-refractivity contribution is 7.99. The topological polar surface area (TPSA) is 175 Å². The van der Waals surface area contributed by atoms with Crippen molar-refractivity contribution in [1.29, 1.82) is 0 Å². The summed E-state index contributed by atoms with van der Waals surface area (Å²) in [6.45, 7) is -0.677. The molecule has 2 saturated heterocycles. The highest BCUT2D eigenvalue weighted by Gasteiger charge is 2.49. The number of thioether (sulfide) groups is 1. The van der Waals surface area contributed by atoms with Gasteiger partial charge in [-0.25, -0.2) is 14.4 Å². The van der Waals surface area contributed by atoms with Gasteiger partial charge in [-0.15, -0.1) is 0 Å². The van der Waals surface area contributed by atoms with E-state index in [4.69, 9.17) is 42.6 Å². The predicted molar refractivity (Wildman–Crippen MR) is 184 cm³/mol. The number of benzene rings is 3. The summed E-state index contributed by atoms with van der Waals surface area (Å²) in [4.78, 5) is 39.7. The minimum Gasteiger partial charge on any atom is -0.459 e. The Kier molecular flexibility index (Phi) is 14.2. The molecular weight excluding hydrogens is 700 g/mol. The van der Waals surface area contributed by atoms with Crippen molar-refractivity contribution in [1.82, 2.24) is 0 Å². The second kappa shape index (κ2) is 18.7. The second-order valence-electron chi connectivity index (χ2n) is 11.8. The Balaban J connectivity index is 1.18. The van der Waals surface area contributed by atoms with E-state index in [0.717, 1.165) is 4.90 Å². The quantitative estimate of drug-likeness (QED) is 0.182. The highest BCUT2D eigenvalue weighted by Crippen LogP contribution is 2.36. The van der Waals surface area contributed by atoms with Crippen molar-refractivity contribution in [3.8, 4) is 0 Å². The molecule has 3 aromatic carbocycles. The number of hydrogen-bond donors (Lipinski definition) is 2. The van der Waals surface area contributed by atoms with Crippen LogP contribution in [0.15, 0.2) is 89.8 Å². The first-order chi connectivity index (χ1) is 25.2. The number of rotatable bonds is 14. The van der Waals surface area contributed by atoms with Crippen LogP contribution < -0.4 is 0 Å². The lowest BCUT2D eigenvalue weighted by atomic mass is 9.99. The van der Waals surface area contributed by atoms with Crippen LogP contribution in [0.25, 0.3) is 0 Å². The van der Waals surface area contributed by atoms with Gasteiger partial charge in [-0.2, -0.15) is 0 Å². The zero-order valence-corrected chi connectivity index (χ0v) is 29.8. The first-order valence-corrected chi connectivity index (χ1v) is 17.3. The van der Waals surface area contributed by atoms with Crippen molar-refractivity contribution in [2.24, 2.45) is 0 Å². The maximum atomic E-state index is 13.2. The van der Waals surface area contributed by atoms with Gasteiger partial charge in [-0.1, -0.05) is 54.2 Å². The zero-order chi connectivity index (χ0) is 37.2. The van der Waals surface area contributed by atoms with Gasteiger partial charge in [0.15, 0.2) is 12.4 Å². The van der Waals surface area contributed by atoms with Gasteiger partial charge in [-0.3, -0.25) is 0 Å². The SMILES string of the molecule is CO[C@H]1O[C@H](COC(=O)c2cccc(C(=O)OC[C@H]3O[C@@H](Sc4ccccc4)[C@H](OC)[C@@H](OC)[C@H]3OC)c2)[C@@H](O)[C@H](O)[C@H]1OC(=O)c1ccccc1. The fourth-order valence-corrected chi connectivity index (χ4v) is 7.10. The molecule has 0 amide bonds. The van der Waals surface area contributed by atoms with Gasteiger partial charge in [0.05, 0.1) is 16.7 Å². The van der Waals surface area contributed by atoms with E-state index in [1.807, 2.05) is 30.3 Å². The molecule has 2 N–H and O–H groups in total. The summed E-state index contributed by atoms with van der Waals surface area (Å²) >= 11 is 1.45. The smallest absolute Gasteiger partial charge is 0.338 e. The largest absolute Gasteiger partial charge is 0.459 e. The van der Waals surface area contributed by atoms with Gasteiger partial charge >= 0.3 is 17.9 Å². The number of aliphatic hydroxyl groups is 2. The van der Waals surface area contributed by atoms with E-state index in [1.165, 1.54) is 62.4 Å². The average Bonchev–Trinajstić information content (AvgIpc) is 3.18. The zero-order valence-electron chi connectivity index (χ0n) is 29.0. The Hall–Kier alpha value is -3.90. The Bertz CT molecular complexity index is 1610. The Morgan fingerprint density at radius 2 is 1.15 bits per heavy atom. The van der Waals surface area contributed by atoms with Gasteiger partial charge in [0, 0.05) is 33.3 Å². The minimum absolute atomic E-state index is 0.0173. The third-order valence-electron chi connectivity index (χ3n) is 8.62. The molecule has 0 spiro atoms. The number of carbonyl (C=O) groups is 3. The minimum atomic E-state index is -1.62. The summed E-state index contributed by atoms with van der Waals surface area (Å²) in [7, 11) is 5.89. The molecule has 2 aliphatic rings. The van der Waals surface area contributed by atoms with E-state index in [-0.39, 0.29) is 23.3 Å². The maximum Gasteiger partial charge on any atom is 0.338 e. The molecule has 0 aromatic heterocycles. The van der Waals surface area contributed by atoms with Crippen LogP contribution in [0.3, 0.4) is 0 Å². The lowest BCUT2D eigenvalue weighted by Gasteiger charge is -2.44. The lowest BCUT2D eigenvalue weighted by molar-refractivity contribution is -0.293. The molecule has 10 atom stereocenters. The number of carbonyl (C=O) groups excluding carboxylic acids is 3. The molecule has 0 aliphatic carbocycles. The number of ether oxygens (including phenoxy) is 9. The number of hydrogen-bond acceptors (Lipinski definition) is 15. The van der Waals surface area contributed by atoms with Crippen LogP contribution in [0.4, 0.5) is 0 Å². The first-order valence-electron chi connectivity index (χ1n) is 16.4. The van der Waals surface area contributed by atoms with E-state index in [9.17, 15) is 24.6 Å². The molecule has 52 heavy (non-hydrogen) atoms. The molecule has 2 fully saturated rings. The molecule has 15 heteroatoms. The summed E-state index contributed by atoms with van der Waals surface area (Å²) in [6.07, 6.45) is -9.45. The van der Waals surface area contributed by atoms with Crippen molar-refractivity contribution in [3.05, 3.63) is 102 Å².